The molecule has 0 aromatic heterocycles. The van der Waals surface area contributed by atoms with Crippen LogP contribution in [0.25, 0.3) is 0 Å². The van der Waals surface area contributed by atoms with Crippen molar-refractivity contribution in [2.24, 2.45) is 0 Å². The van der Waals surface area contributed by atoms with Crippen LogP contribution in [-0.2, 0) is 4.79 Å². The van der Waals surface area contributed by atoms with Gasteiger partial charge < -0.3 is 10.2 Å². The molecule has 2 heterocycles. The molecule has 2 saturated heterocycles. The first-order valence-corrected chi connectivity index (χ1v) is 7.60. The van der Waals surface area contributed by atoms with Gasteiger partial charge in [0.25, 0.3) is 0 Å². The van der Waals surface area contributed by atoms with Gasteiger partial charge in [-0.25, -0.2) is 0 Å². The first kappa shape index (κ1) is 14.3. The van der Waals surface area contributed by atoms with Crippen LogP contribution >= 0.6 is 0 Å². The molecule has 2 atom stereocenters. The largest absolute Gasteiger partial charge is 0.336 e. The molecular weight excluding hydrogens is 236 g/mol. The number of carbonyl (C=O) groups is 1. The number of hydrogen-bond donors (Lipinski definition) is 1. The van der Waals surface area contributed by atoms with Crippen LogP contribution in [0.5, 0.6) is 0 Å². The fourth-order valence-corrected chi connectivity index (χ4v) is 3.34. The maximum absolute atomic E-state index is 12.3. The standard InChI is InChI=1S/C16H26N2O/c1-3-5-6-7-16(19)18(10-4-2)15-11-13-8-9-14(12-15)17-13/h3,5-7,13-15,17H,4,8-12H2,1-2H3. The summed E-state index contributed by atoms with van der Waals surface area (Å²) in [6.45, 7) is 4.98. The van der Waals surface area contributed by atoms with Gasteiger partial charge in [0.1, 0.15) is 0 Å². The van der Waals surface area contributed by atoms with Crippen LogP contribution in [0.1, 0.15) is 46.0 Å². The van der Waals surface area contributed by atoms with E-state index in [9.17, 15) is 4.79 Å². The summed E-state index contributed by atoms with van der Waals surface area (Å²) in [7, 11) is 0. The number of fused-ring (bicyclic) bond motifs is 2. The fourth-order valence-electron chi connectivity index (χ4n) is 3.34. The van der Waals surface area contributed by atoms with E-state index in [2.05, 4.69) is 17.1 Å². The molecule has 106 valence electrons. The third-order valence-corrected chi connectivity index (χ3v) is 4.18. The van der Waals surface area contributed by atoms with Gasteiger partial charge in [-0.3, -0.25) is 4.79 Å². The lowest BCUT2D eigenvalue weighted by Crippen LogP contribution is -2.50. The van der Waals surface area contributed by atoms with E-state index in [0.717, 1.165) is 25.8 Å². The van der Waals surface area contributed by atoms with Crippen molar-refractivity contribution in [3.05, 3.63) is 24.3 Å². The molecule has 0 radical (unpaired) electrons. The quantitative estimate of drug-likeness (QED) is 0.610. The van der Waals surface area contributed by atoms with Crippen molar-refractivity contribution >= 4 is 5.91 Å². The highest BCUT2D eigenvalue weighted by atomic mass is 16.2. The van der Waals surface area contributed by atoms with Crippen LogP contribution in [0.3, 0.4) is 0 Å². The minimum atomic E-state index is 0.172. The lowest BCUT2D eigenvalue weighted by Gasteiger charge is -2.37. The van der Waals surface area contributed by atoms with E-state index < -0.39 is 0 Å². The Morgan fingerprint density at radius 2 is 1.95 bits per heavy atom. The Kier molecular flexibility index (Phi) is 5.20. The van der Waals surface area contributed by atoms with Crippen molar-refractivity contribution < 1.29 is 4.79 Å². The van der Waals surface area contributed by atoms with E-state index in [4.69, 9.17) is 0 Å². The number of nitrogens with one attached hydrogen (secondary N) is 1. The number of rotatable bonds is 5. The van der Waals surface area contributed by atoms with Crippen LogP contribution in [0.2, 0.25) is 0 Å². The molecule has 2 aliphatic rings. The number of allylic oxidation sites excluding steroid dienone is 3. The summed E-state index contributed by atoms with van der Waals surface area (Å²) in [5, 5.41) is 3.64. The predicted molar refractivity (Wildman–Crippen MR) is 78.9 cm³/mol. The van der Waals surface area contributed by atoms with Gasteiger partial charge in [0.2, 0.25) is 5.91 Å². The summed E-state index contributed by atoms with van der Waals surface area (Å²) in [5.41, 5.74) is 0. The zero-order chi connectivity index (χ0) is 13.7. The zero-order valence-corrected chi connectivity index (χ0v) is 12.1. The third kappa shape index (κ3) is 3.69. The zero-order valence-electron chi connectivity index (χ0n) is 12.1. The van der Waals surface area contributed by atoms with E-state index >= 15 is 0 Å². The van der Waals surface area contributed by atoms with Crippen LogP contribution in [0.4, 0.5) is 0 Å². The van der Waals surface area contributed by atoms with Crippen molar-refractivity contribution in [3.8, 4) is 0 Å². The summed E-state index contributed by atoms with van der Waals surface area (Å²) in [4.78, 5) is 14.4. The van der Waals surface area contributed by atoms with Gasteiger partial charge in [-0.05, 0) is 39.0 Å². The molecule has 2 rings (SSSR count). The molecule has 0 spiro atoms. The Bertz CT molecular complexity index is 350. The van der Waals surface area contributed by atoms with Crippen molar-refractivity contribution in [2.75, 3.05) is 6.54 Å². The summed E-state index contributed by atoms with van der Waals surface area (Å²) < 4.78 is 0. The molecule has 2 aliphatic heterocycles. The average Bonchev–Trinajstić information content (AvgIpc) is 2.75. The van der Waals surface area contributed by atoms with Gasteiger partial charge in [-0.1, -0.05) is 25.2 Å². The number of carbonyl (C=O) groups excluding carboxylic acids is 1. The van der Waals surface area contributed by atoms with Gasteiger partial charge in [-0.15, -0.1) is 0 Å². The smallest absolute Gasteiger partial charge is 0.246 e. The molecule has 0 aromatic carbocycles. The highest BCUT2D eigenvalue weighted by Crippen LogP contribution is 2.30. The van der Waals surface area contributed by atoms with Gasteiger partial charge in [0, 0.05) is 30.7 Å². The molecule has 3 heteroatoms. The highest BCUT2D eigenvalue weighted by molar-refractivity contribution is 5.88. The van der Waals surface area contributed by atoms with Crippen LogP contribution in [-0.4, -0.2) is 35.5 Å². The molecule has 19 heavy (non-hydrogen) atoms. The first-order chi connectivity index (χ1) is 9.24. The average molecular weight is 262 g/mol. The van der Waals surface area contributed by atoms with Crippen molar-refractivity contribution in [1.82, 2.24) is 10.2 Å². The summed E-state index contributed by atoms with van der Waals surface area (Å²) in [5.74, 6) is 0.172. The number of hydrogen-bond acceptors (Lipinski definition) is 2. The maximum Gasteiger partial charge on any atom is 0.246 e. The molecule has 0 aromatic rings. The molecule has 1 N–H and O–H groups in total. The SMILES string of the molecule is CC=CC=CC(=O)N(CCC)C1CC2CCC(C1)N2. The van der Waals surface area contributed by atoms with E-state index in [1.807, 2.05) is 25.2 Å². The van der Waals surface area contributed by atoms with Crippen molar-refractivity contribution in [1.29, 1.82) is 0 Å². The van der Waals surface area contributed by atoms with E-state index in [0.29, 0.717) is 18.1 Å². The Balaban J connectivity index is 2.00. The molecule has 0 aliphatic carbocycles. The number of nitrogens with zero attached hydrogens (tertiary/aromatic N) is 1. The maximum atomic E-state index is 12.3. The van der Waals surface area contributed by atoms with E-state index in [1.54, 1.807) is 6.08 Å². The van der Waals surface area contributed by atoms with Crippen molar-refractivity contribution in [2.45, 2.75) is 64.1 Å². The second kappa shape index (κ2) is 6.90. The van der Waals surface area contributed by atoms with E-state index in [-0.39, 0.29) is 5.91 Å². The molecule has 2 fully saturated rings. The van der Waals surface area contributed by atoms with Gasteiger partial charge in [0.15, 0.2) is 0 Å². The Morgan fingerprint density at radius 3 is 2.53 bits per heavy atom. The Hall–Kier alpha value is -1.09. The lowest BCUT2D eigenvalue weighted by molar-refractivity contribution is -0.129. The molecule has 0 saturated carbocycles. The van der Waals surface area contributed by atoms with Crippen LogP contribution < -0.4 is 5.32 Å². The first-order valence-electron chi connectivity index (χ1n) is 7.60. The highest BCUT2D eigenvalue weighted by Gasteiger charge is 2.36. The summed E-state index contributed by atoms with van der Waals surface area (Å²) in [6.07, 6.45) is 13.3. The Morgan fingerprint density at radius 1 is 1.26 bits per heavy atom. The summed E-state index contributed by atoms with van der Waals surface area (Å²) >= 11 is 0. The van der Waals surface area contributed by atoms with Gasteiger partial charge >= 0.3 is 0 Å². The topological polar surface area (TPSA) is 32.3 Å². The molecule has 3 nitrogen and oxygen atoms in total. The normalized spacial score (nSPS) is 30.3. The lowest BCUT2D eigenvalue weighted by atomic mass is 9.97. The molecule has 2 unspecified atom stereocenters. The Labute approximate surface area is 116 Å². The van der Waals surface area contributed by atoms with Gasteiger partial charge in [-0.2, -0.15) is 0 Å². The monoisotopic (exact) mass is 262 g/mol. The molecular formula is C16H26N2O. The molecule has 2 bridgehead atoms. The van der Waals surface area contributed by atoms with Crippen molar-refractivity contribution in [3.63, 3.8) is 0 Å². The fraction of sp³-hybridized carbons (Fsp3) is 0.688. The predicted octanol–water partition coefficient (Wildman–Crippen LogP) is 2.64. The van der Waals surface area contributed by atoms with Crippen LogP contribution in [0.15, 0.2) is 24.3 Å². The second-order valence-corrected chi connectivity index (χ2v) is 5.68. The second-order valence-electron chi connectivity index (χ2n) is 5.68. The minimum Gasteiger partial charge on any atom is -0.336 e. The number of amides is 1. The number of piperidine rings is 1. The third-order valence-electron chi connectivity index (χ3n) is 4.18. The van der Waals surface area contributed by atoms with E-state index in [1.165, 1.54) is 12.8 Å². The van der Waals surface area contributed by atoms with Crippen LogP contribution in [0, 0.1) is 0 Å². The minimum absolute atomic E-state index is 0.172. The summed E-state index contributed by atoms with van der Waals surface area (Å²) in [6, 6.07) is 1.70. The molecule has 1 amide bonds. The van der Waals surface area contributed by atoms with Gasteiger partial charge in [0.05, 0.1) is 0 Å².